The van der Waals surface area contributed by atoms with Crippen LogP contribution in [0, 0.1) is 5.92 Å². The molecule has 0 saturated heterocycles. The Labute approximate surface area is 84.6 Å². The molecular weight excluding hydrogens is 188 g/mol. The normalized spacial score (nSPS) is 31.0. The van der Waals surface area contributed by atoms with Gasteiger partial charge in [0, 0.05) is 0 Å². The summed E-state index contributed by atoms with van der Waals surface area (Å²) in [6, 6.07) is 0. The van der Waals surface area contributed by atoms with Gasteiger partial charge in [0.25, 0.3) is 0 Å². The Morgan fingerprint density at radius 3 is 2.38 bits per heavy atom. The molecule has 0 amide bonds. The van der Waals surface area contributed by atoms with Crippen LogP contribution in [0.2, 0.25) is 0 Å². The highest BCUT2D eigenvalue weighted by Crippen LogP contribution is 2.25. The Balaban J connectivity index is 2.26. The van der Waals surface area contributed by atoms with E-state index in [1.807, 2.05) is 0 Å². The number of ether oxygens (including phenoxy) is 1. The molecule has 1 unspecified atom stereocenters. The molecule has 0 spiro atoms. The first-order chi connectivity index (χ1) is 6.09. The average Bonchev–Trinajstić information content (AvgIpc) is 2.08. The third-order valence-electron chi connectivity index (χ3n) is 2.57. The van der Waals surface area contributed by atoms with Crippen molar-refractivity contribution in [2.45, 2.75) is 51.0 Å². The monoisotopic (exact) mass is 204 g/mol. The lowest BCUT2D eigenvalue weighted by molar-refractivity contribution is -0.150. The lowest BCUT2D eigenvalue weighted by Crippen LogP contribution is -2.26. The number of hydrogen-bond acceptors (Lipinski definition) is 2. The highest BCUT2D eigenvalue weighted by molar-refractivity contribution is 6.29. The first-order valence-electron chi connectivity index (χ1n) is 4.94. The van der Waals surface area contributed by atoms with Crippen molar-refractivity contribution in [3.05, 3.63) is 0 Å². The molecule has 0 aromatic carbocycles. The van der Waals surface area contributed by atoms with Crippen LogP contribution in [-0.2, 0) is 9.53 Å². The van der Waals surface area contributed by atoms with Crippen molar-refractivity contribution in [2.24, 2.45) is 5.92 Å². The maximum atomic E-state index is 11.1. The standard InChI is InChI=1S/C10H17ClO2/c1-7-3-5-9(6-4-7)13-10(12)8(2)11/h7-9H,3-6H2,1-2H3. The summed E-state index contributed by atoms with van der Waals surface area (Å²) in [5.74, 6) is 0.504. The van der Waals surface area contributed by atoms with E-state index in [2.05, 4.69) is 6.92 Å². The molecule has 0 N–H and O–H groups in total. The summed E-state index contributed by atoms with van der Waals surface area (Å²) in [7, 11) is 0. The number of carbonyl (C=O) groups excluding carboxylic acids is 1. The van der Waals surface area contributed by atoms with Crippen LogP contribution in [0.15, 0.2) is 0 Å². The van der Waals surface area contributed by atoms with Crippen molar-refractivity contribution in [1.82, 2.24) is 0 Å². The topological polar surface area (TPSA) is 26.3 Å². The second-order valence-electron chi connectivity index (χ2n) is 3.93. The smallest absolute Gasteiger partial charge is 0.324 e. The van der Waals surface area contributed by atoms with E-state index in [1.54, 1.807) is 6.92 Å². The number of hydrogen-bond donors (Lipinski definition) is 0. The molecule has 3 heteroatoms. The molecule has 0 aliphatic heterocycles. The fraction of sp³-hybridized carbons (Fsp3) is 0.900. The minimum absolute atomic E-state index is 0.116. The summed E-state index contributed by atoms with van der Waals surface area (Å²) in [6.45, 7) is 3.89. The molecule has 0 aromatic heterocycles. The Bertz CT molecular complexity index is 172. The van der Waals surface area contributed by atoms with Crippen LogP contribution < -0.4 is 0 Å². The molecule has 2 nitrogen and oxygen atoms in total. The second-order valence-corrected chi connectivity index (χ2v) is 4.59. The predicted octanol–water partition coefficient (Wildman–Crippen LogP) is 2.74. The lowest BCUT2D eigenvalue weighted by atomic mass is 9.89. The zero-order valence-electron chi connectivity index (χ0n) is 8.25. The fourth-order valence-corrected chi connectivity index (χ4v) is 1.66. The second kappa shape index (κ2) is 4.85. The van der Waals surface area contributed by atoms with E-state index in [4.69, 9.17) is 16.3 Å². The molecule has 1 aliphatic rings. The maximum absolute atomic E-state index is 11.1. The molecule has 1 atom stereocenters. The van der Waals surface area contributed by atoms with Gasteiger partial charge in [0.15, 0.2) is 0 Å². The van der Waals surface area contributed by atoms with Crippen molar-refractivity contribution in [3.63, 3.8) is 0 Å². The molecule has 0 heterocycles. The molecule has 1 aliphatic carbocycles. The molecule has 0 aromatic rings. The van der Waals surface area contributed by atoms with E-state index in [9.17, 15) is 4.79 Å². The predicted molar refractivity (Wildman–Crippen MR) is 52.8 cm³/mol. The first kappa shape index (κ1) is 10.8. The first-order valence-corrected chi connectivity index (χ1v) is 5.37. The van der Waals surface area contributed by atoms with E-state index in [0.29, 0.717) is 0 Å². The van der Waals surface area contributed by atoms with Crippen LogP contribution in [0.1, 0.15) is 39.5 Å². The fourth-order valence-electron chi connectivity index (χ4n) is 1.61. The summed E-state index contributed by atoms with van der Waals surface area (Å²) in [5, 5.41) is -0.514. The SMILES string of the molecule is CC1CCC(OC(=O)C(C)Cl)CC1. The van der Waals surface area contributed by atoms with Crippen LogP contribution >= 0.6 is 11.6 Å². The van der Waals surface area contributed by atoms with Crippen LogP contribution in [-0.4, -0.2) is 17.5 Å². The third kappa shape index (κ3) is 3.55. The molecule has 13 heavy (non-hydrogen) atoms. The molecule has 1 rings (SSSR count). The maximum Gasteiger partial charge on any atom is 0.324 e. The van der Waals surface area contributed by atoms with Crippen LogP contribution in [0.3, 0.4) is 0 Å². The van der Waals surface area contributed by atoms with Crippen LogP contribution in [0.5, 0.6) is 0 Å². The van der Waals surface area contributed by atoms with Crippen molar-refractivity contribution in [1.29, 1.82) is 0 Å². The largest absolute Gasteiger partial charge is 0.461 e. The Kier molecular flexibility index (Phi) is 4.04. The third-order valence-corrected chi connectivity index (χ3v) is 2.75. The van der Waals surface area contributed by atoms with Gasteiger partial charge in [-0.3, -0.25) is 4.79 Å². The molecule has 0 bridgehead atoms. The van der Waals surface area contributed by atoms with Crippen LogP contribution in [0.25, 0.3) is 0 Å². The van der Waals surface area contributed by atoms with E-state index >= 15 is 0 Å². The number of rotatable bonds is 2. The molecular formula is C10H17ClO2. The highest BCUT2D eigenvalue weighted by Gasteiger charge is 2.22. The van der Waals surface area contributed by atoms with E-state index in [0.717, 1.165) is 31.6 Å². The molecule has 1 saturated carbocycles. The van der Waals surface area contributed by atoms with Gasteiger partial charge in [0.2, 0.25) is 0 Å². The molecule has 76 valence electrons. The number of halogens is 1. The Hall–Kier alpha value is -0.240. The van der Waals surface area contributed by atoms with E-state index in [1.165, 1.54) is 0 Å². The van der Waals surface area contributed by atoms with Gasteiger partial charge in [0.1, 0.15) is 11.5 Å². The van der Waals surface area contributed by atoms with Gasteiger partial charge < -0.3 is 4.74 Å². The van der Waals surface area contributed by atoms with Gasteiger partial charge in [-0.1, -0.05) is 6.92 Å². The zero-order valence-corrected chi connectivity index (χ0v) is 9.01. The summed E-state index contributed by atoms with van der Waals surface area (Å²) in [5.41, 5.74) is 0. The Morgan fingerprint density at radius 1 is 1.38 bits per heavy atom. The van der Waals surface area contributed by atoms with Crippen molar-refractivity contribution < 1.29 is 9.53 Å². The van der Waals surface area contributed by atoms with E-state index in [-0.39, 0.29) is 12.1 Å². The van der Waals surface area contributed by atoms with Gasteiger partial charge in [0.05, 0.1) is 0 Å². The summed E-state index contributed by atoms with van der Waals surface area (Å²) < 4.78 is 5.23. The van der Waals surface area contributed by atoms with Gasteiger partial charge in [-0.15, -0.1) is 11.6 Å². The molecule has 1 fully saturated rings. The van der Waals surface area contributed by atoms with Crippen molar-refractivity contribution >= 4 is 17.6 Å². The summed E-state index contributed by atoms with van der Waals surface area (Å²) >= 11 is 5.60. The van der Waals surface area contributed by atoms with Gasteiger partial charge >= 0.3 is 5.97 Å². The number of esters is 1. The lowest BCUT2D eigenvalue weighted by Gasteiger charge is -2.26. The summed E-state index contributed by atoms with van der Waals surface area (Å²) in [4.78, 5) is 11.1. The van der Waals surface area contributed by atoms with Gasteiger partial charge in [-0.2, -0.15) is 0 Å². The minimum Gasteiger partial charge on any atom is -0.461 e. The average molecular weight is 205 g/mol. The quantitative estimate of drug-likeness (QED) is 0.511. The Morgan fingerprint density at radius 2 is 1.92 bits per heavy atom. The van der Waals surface area contributed by atoms with E-state index < -0.39 is 5.38 Å². The number of carbonyl (C=O) groups is 1. The van der Waals surface area contributed by atoms with Gasteiger partial charge in [-0.25, -0.2) is 0 Å². The van der Waals surface area contributed by atoms with Crippen molar-refractivity contribution in [2.75, 3.05) is 0 Å². The zero-order chi connectivity index (χ0) is 9.84. The van der Waals surface area contributed by atoms with Crippen molar-refractivity contribution in [3.8, 4) is 0 Å². The van der Waals surface area contributed by atoms with Gasteiger partial charge in [-0.05, 0) is 38.5 Å². The van der Waals surface area contributed by atoms with Crippen LogP contribution in [0.4, 0.5) is 0 Å². The minimum atomic E-state index is -0.514. The highest BCUT2D eigenvalue weighted by atomic mass is 35.5. The molecule has 0 radical (unpaired) electrons. The number of alkyl halides is 1. The summed E-state index contributed by atoms with van der Waals surface area (Å²) in [6.07, 6.45) is 4.43.